The highest BCUT2D eigenvalue weighted by molar-refractivity contribution is 6.10. The van der Waals surface area contributed by atoms with E-state index in [1.807, 2.05) is 29.2 Å². The number of rotatable bonds is 5. The molecule has 0 radical (unpaired) electrons. The maximum Gasteiger partial charge on any atom is 0.253 e. The number of guanidine groups is 2. The molecule has 160 valence electrons. The van der Waals surface area contributed by atoms with Crippen molar-refractivity contribution in [2.45, 2.75) is 69.9 Å². The maximum absolute atomic E-state index is 13.1. The Balaban J connectivity index is 1.56. The molecule has 0 saturated heterocycles. The van der Waals surface area contributed by atoms with Crippen molar-refractivity contribution in [2.24, 2.45) is 21.5 Å². The van der Waals surface area contributed by atoms with Crippen LogP contribution in [0.3, 0.4) is 0 Å². The summed E-state index contributed by atoms with van der Waals surface area (Å²) in [6.45, 7) is 0.638. The molecule has 4 rings (SSSR count). The number of nitrogens with two attached hydrogens (primary N) is 2. The van der Waals surface area contributed by atoms with E-state index in [0.29, 0.717) is 18.1 Å². The number of carbonyl (C=O) groups is 1. The van der Waals surface area contributed by atoms with E-state index in [9.17, 15) is 4.79 Å². The van der Waals surface area contributed by atoms with Crippen LogP contribution in [0.2, 0.25) is 0 Å². The Bertz CT molecular complexity index is 881. The van der Waals surface area contributed by atoms with Gasteiger partial charge in [-0.25, -0.2) is 4.99 Å². The molecule has 0 aromatic heterocycles. The van der Waals surface area contributed by atoms with Crippen molar-refractivity contribution in [1.82, 2.24) is 5.32 Å². The highest BCUT2D eigenvalue weighted by atomic mass is 16.1. The molecule has 1 fully saturated rings. The Kier molecular flexibility index (Phi) is 6.06. The molecule has 1 aromatic rings. The minimum Gasteiger partial charge on any atom is -0.369 e. The first-order valence-corrected chi connectivity index (χ1v) is 11.1. The number of amides is 1. The van der Waals surface area contributed by atoms with Gasteiger partial charge in [0, 0.05) is 6.54 Å². The van der Waals surface area contributed by atoms with Gasteiger partial charge in [-0.05, 0) is 69.9 Å². The predicted molar refractivity (Wildman–Crippen MR) is 121 cm³/mol. The number of aliphatic imine (C=N–C) groups is 2. The number of benzene rings is 1. The van der Waals surface area contributed by atoms with Gasteiger partial charge in [0.1, 0.15) is 5.66 Å². The van der Waals surface area contributed by atoms with Crippen molar-refractivity contribution >= 4 is 23.5 Å². The third-order valence-corrected chi connectivity index (χ3v) is 6.36. The van der Waals surface area contributed by atoms with E-state index in [4.69, 9.17) is 16.5 Å². The lowest BCUT2D eigenvalue weighted by Gasteiger charge is -2.46. The molecule has 1 saturated carbocycles. The SMILES string of the molecule is NC1=NC2(CCCCC2)N(c2ccccc2C(=O)NCCC2=CCCCC2)C(N)=N1. The van der Waals surface area contributed by atoms with Crippen LogP contribution in [0, 0.1) is 0 Å². The molecule has 1 heterocycles. The van der Waals surface area contributed by atoms with E-state index >= 15 is 0 Å². The zero-order valence-electron chi connectivity index (χ0n) is 17.6. The van der Waals surface area contributed by atoms with Gasteiger partial charge in [0.2, 0.25) is 11.9 Å². The van der Waals surface area contributed by atoms with Crippen LogP contribution in [-0.4, -0.2) is 30.0 Å². The molecule has 0 atom stereocenters. The topological polar surface area (TPSA) is 109 Å². The molecule has 0 unspecified atom stereocenters. The smallest absolute Gasteiger partial charge is 0.253 e. The standard InChI is InChI=1S/C23H32N6O/c24-21-27-22(25)29(23(28-21)14-7-2-8-15-23)19-12-6-5-11-18(19)20(30)26-16-13-17-9-3-1-4-10-17/h5-6,9,11-12H,1-4,7-8,10,13-16H2,(H,26,30)(H4,24,25,27,28). The number of hydrogen-bond donors (Lipinski definition) is 3. The summed E-state index contributed by atoms with van der Waals surface area (Å²) in [4.78, 5) is 24.0. The minimum atomic E-state index is -0.558. The fourth-order valence-corrected chi connectivity index (χ4v) is 4.89. The first-order chi connectivity index (χ1) is 14.6. The molecule has 30 heavy (non-hydrogen) atoms. The molecule has 1 aliphatic heterocycles. The van der Waals surface area contributed by atoms with Gasteiger partial charge in [-0.2, -0.15) is 4.99 Å². The van der Waals surface area contributed by atoms with E-state index in [-0.39, 0.29) is 11.9 Å². The third-order valence-electron chi connectivity index (χ3n) is 6.36. The molecule has 1 aromatic carbocycles. The zero-order valence-corrected chi connectivity index (χ0v) is 17.6. The fourth-order valence-electron chi connectivity index (χ4n) is 4.89. The summed E-state index contributed by atoms with van der Waals surface area (Å²) in [5, 5.41) is 3.09. The van der Waals surface area contributed by atoms with Gasteiger partial charge in [-0.1, -0.05) is 30.2 Å². The van der Waals surface area contributed by atoms with E-state index in [2.05, 4.69) is 16.4 Å². The first kappa shape index (κ1) is 20.4. The third kappa shape index (κ3) is 4.20. The monoisotopic (exact) mass is 408 g/mol. The first-order valence-electron chi connectivity index (χ1n) is 11.1. The van der Waals surface area contributed by atoms with Crippen LogP contribution < -0.4 is 21.7 Å². The summed E-state index contributed by atoms with van der Waals surface area (Å²) in [6, 6.07) is 7.57. The van der Waals surface area contributed by atoms with Gasteiger partial charge in [0.25, 0.3) is 5.91 Å². The van der Waals surface area contributed by atoms with Gasteiger partial charge >= 0.3 is 0 Å². The van der Waals surface area contributed by atoms with Crippen molar-refractivity contribution in [1.29, 1.82) is 0 Å². The number of carbonyl (C=O) groups excluding carboxylic acids is 1. The van der Waals surface area contributed by atoms with E-state index in [1.165, 1.54) is 24.8 Å². The van der Waals surface area contributed by atoms with Crippen LogP contribution in [0.5, 0.6) is 0 Å². The molecular weight excluding hydrogens is 376 g/mol. The molecule has 1 amide bonds. The second kappa shape index (κ2) is 8.90. The van der Waals surface area contributed by atoms with Crippen LogP contribution in [-0.2, 0) is 0 Å². The molecule has 5 N–H and O–H groups in total. The minimum absolute atomic E-state index is 0.0942. The Hall–Kier alpha value is -2.83. The van der Waals surface area contributed by atoms with Crippen LogP contribution in [0.4, 0.5) is 5.69 Å². The quantitative estimate of drug-likeness (QED) is 0.649. The number of para-hydroxylation sites is 1. The number of nitrogens with one attached hydrogen (secondary N) is 1. The summed E-state index contributed by atoms with van der Waals surface area (Å²) in [5.41, 5.74) is 14.6. The van der Waals surface area contributed by atoms with Crippen LogP contribution in [0.25, 0.3) is 0 Å². The average molecular weight is 409 g/mol. The van der Waals surface area contributed by atoms with E-state index in [0.717, 1.165) is 50.6 Å². The molecular formula is C23H32N6O. The summed E-state index contributed by atoms with van der Waals surface area (Å²) >= 11 is 0. The fraction of sp³-hybridized carbons (Fsp3) is 0.522. The molecule has 7 nitrogen and oxygen atoms in total. The van der Waals surface area contributed by atoms with Crippen molar-refractivity contribution < 1.29 is 4.79 Å². The van der Waals surface area contributed by atoms with Crippen LogP contribution in [0.1, 0.15) is 74.6 Å². The molecule has 1 spiro atoms. The lowest BCUT2D eigenvalue weighted by molar-refractivity contribution is 0.0954. The average Bonchev–Trinajstić information content (AvgIpc) is 2.75. The highest BCUT2D eigenvalue weighted by Crippen LogP contribution is 2.40. The second-order valence-corrected chi connectivity index (χ2v) is 8.45. The normalized spacial score (nSPS) is 20.9. The summed E-state index contributed by atoms with van der Waals surface area (Å²) in [5.74, 6) is 0.425. The van der Waals surface area contributed by atoms with Gasteiger partial charge < -0.3 is 16.8 Å². The Morgan fingerprint density at radius 2 is 1.90 bits per heavy atom. The maximum atomic E-state index is 13.1. The Morgan fingerprint density at radius 3 is 2.67 bits per heavy atom. The number of nitrogens with zero attached hydrogens (tertiary/aromatic N) is 3. The Labute approximate surface area is 178 Å². The van der Waals surface area contributed by atoms with Crippen molar-refractivity contribution in [2.75, 3.05) is 11.4 Å². The lowest BCUT2D eigenvalue weighted by atomic mass is 9.87. The summed E-state index contributed by atoms with van der Waals surface area (Å²) in [6.07, 6.45) is 13.0. The van der Waals surface area contributed by atoms with Crippen LogP contribution in [0.15, 0.2) is 45.9 Å². The Morgan fingerprint density at radius 1 is 1.10 bits per heavy atom. The van der Waals surface area contributed by atoms with Crippen molar-refractivity contribution in [3.8, 4) is 0 Å². The number of hydrogen-bond acceptors (Lipinski definition) is 6. The van der Waals surface area contributed by atoms with E-state index in [1.54, 1.807) is 0 Å². The van der Waals surface area contributed by atoms with Gasteiger partial charge in [0.15, 0.2) is 0 Å². The largest absolute Gasteiger partial charge is 0.369 e. The van der Waals surface area contributed by atoms with Gasteiger partial charge in [0.05, 0.1) is 11.3 Å². The lowest BCUT2D eigenvalue weighted by Crippen LogP contribution is -2.58. The summed E-state index contributed by atoms with van der Waals surface area (Å²) < 4.78 is 0. The molecule has 0 bridgehead atoms. The number of anilines is 1. The molecule has 3 aliphatic rings. The van der Waals surface area contributed by atoms with Gasteiger partial charge in [-0.15, -0.1) is 0 Å². The van der Waals surface area contributed by atoms with Crippen molar-refractivity contribution in [3.05, 3.63) is 41.5 Å². The van der Waals surface area contributed by atoms with Crippen molar-refractivity contribution in [3.63, 3.8) is 0 Å². The second-order valence-electron chi connectivity index (χ2n) is 8.45. The summed E-state index contributed by atoms with van der Waals surface area (Å²) in [7, 11) is 0. The predicted octanol–water partition coefficient (Wildman–Crippen LogP) is 3.42. The molecule has 2 aliphatic carbocycles. The highest BCUT2D eigenvalue weighted by Gasteiger charge is 2.43. The number of allylic oxidation sites excluding steroid dienone is 1. The van der Waals surface area contributed by atoms with Gasteiger partial charge in [-0.3, -0.25) is 9.69 Å². The van der Waals surface area contributed by atoms with E-state index < -0.39 is 5.66 Å². The van der Waals surface area contributed by atoms with Crippen LogP contribution >= 0.6 is 0 Å². The molecule has 7 heteroatoms. The zero-order chi connectivity index (χ0) is 21.0.